The number of aromatic amines is 1. The van der Waals surface area contributed by atoms with Gasteiger partial charge in [0, 0.05) is 54.2 Å². The highest BCUT2D eigenvalue weighted by Gasteiger charge is 2.23. The Bertz CT molecular complexity index is 1500. The van der Waals surface area contributed by atoms with Crippen molar-refractivity contribution >= 4 is 45.2 Å². The summed E-state index contributed by atoms with van der Waals surface area (Å²) in [5, 5.41) is 3.23. The Hall–Kier alpha value is -2.78. The van der Waals surface area contributed by atoms with Crippen LogP contribution in [0.5, 0.6) is 0 Å². The van der Waals surface area contributed by atoms with Crippen LogP contribution in [0.2, 0.25) is 4.47 Å². The zero-order valence-electron chi connectivity index (χ0n) is 17.6. The highest BCUT2D eigenvalue weighted by Crippen LogP contribution is 2.28. The highest BCUT2D eigenvalue weighted by molar-refractivity contribution is 7.15. The first-order chi connectivity index (χ1) is 16.1. The Labute approximate surface area is 203 Å². The van der Waals surface area contributed by atoms with Gasteiger partial charge < -0.3 is 9.55 Å². The zero-order valence-corrected chi connectivity index (χ0v) is 20.0. The van der Waals surface area contributed by atoms with Crippen molar-refractivity contribution < 1.29 is 0 Å². The predicted molar refractivity (Wildman–Crippen MR) is 134 cm³/mol. The minimum Gasteiger partial charge on any atom is -0.342 e. The number of thiophene rings is 1. The molecule has 0 radical (unpaired) electrons. The molecule has 5 aromatic rings. The molecule has 0 saturated carbocycles. The molecule has 33 heavy (non-hydrogen) atoms. The fourth-order valence-electron chi connectivity index (χ4n) is 4.49. The van der Waals surface area contributed by atoms with Crippen LogP contribution >= 0.6 is 34.3 Å². The third kappa shape index (κ3) is 4.04. The Kier molecular flexibility index (Phi) is 5.38. The van der Waals surface area contributed by atoms with Crippen molar-refractivity contribution in [1.29, 1.82) is 0 Å². The summed E-state index contributed by atoms with van der Waals surface area (Å²) in [5.74, 6) is 0.674. The van der Waals surface area contributed by atoms with Crippen LogP contribution in [-0.4, -0.2) is 31.0 Å². The van der Waals surface area contributed by atoms with E-state index in [1.54, 1.807) is 11.3 Å². The molecule has 0 spiro atoms. The second-order valence-electron chi connectivity index (χ2n) is 8.16. The summed E-state index contributed by atoms with van der Waals surface area (Å²) in [4.78, 5) is 29.2. The Morgan fingerprint density at radius 2 is 2.06 bits per heavy atom. The predicted octanol–water partition coefficient (Wildman–Crippen LogP) is 5.17. The van der Waals surface area contributed by atoms with Crippen LogP contribution in [0.1, 0.15) is 21.7 Å². The van der Waals surface area contributed by atoms with E-state index in [1.165, 1.54) is 27.8 Å². The third-order valence-corrected chi connectivity index (χ3v) is 8.00. The number of para-hydroxylation sites is 1. The average Bonchev–Trinajstić information content (AvgIpc) is 3.56. The molecular formula is C24H20ClN5OS2. The number of hydrogen-bond donors (Lipinski definition) is 1. The molecule has 1 aliphatic rings. The van der Waals surface area contributed by atoms with Gasteiger partial charge in [-0.05, 0) is 23.1 Å². The highest BCUT2D eigenvalue weighted by atomic mass is 35.5. The van der Waals surface area contributed by atoms with Gasteiger partial charge in [-0.3, -0.25) is 9.69 Å². The van der Waals surface area contributed by atoms with E-state index in [1.807, 2.05) is 23.7 Å². The number of nitrogens with one attached hydrogen (secondary N) is 1. The molecule has 1 aromatic carbocycles. The van der Waals surface area contributed by atoms with Gasteiger partial charge in [-0.2, -0.15) is 0 Å². The number of hydrogen-bond acceptors (Lipinski definition) is 6. The van der Waals surface area contributed by atoms with Crippen LogP contribution in [-0.2, 0) is 26.1 Å². The van der Waals surface area contributed by atoms with E-state index in [9.17, 15) is 4.79 Å². The van der Waals surface area contributed by atoms with Gasteiger partial charge in [-0.25, -0.2) is 9.97 Å². The molecule has 0 fully saturated rings. The quantitative estimate of drug-likeness (QED) is 0.367. The van der Waals surface area contributed by atoms with Crippen molar-refractivity contribution in [3.8, 4) is 10.7 Å². The van der Waals surface area contributed by atoms with Crippen molar-refractivity contribution in [2.75, 3.05) is 6.54 Å². The lowest BCUT2D eigenvalue weighted by Gasteiger charge is -2.27. The van der Waals surface area contributed by atoms with Crippen LogP contribution < -0.4 is 5.56 Å². The maximum Gasteiger partial charge on any atom is 0.255 e. The molecule has 0 bridgehead atoms. The summed E-state index contributed by atoms with van der Waals surface area (Å²) < 4.78 is 2.82. The molecule has 0 amide bonds. The number of fused-ring (bicyclic) bond motifs is 2. The molecule has 4 aromatic heterocycles. The molecule has 1 aliphatic heterocycles. The maximum absolute atomic E-state index is 12.9. The van der Waals surface area contributed by atoms with E-state index in [2.05, 4.69) is 49.9 Å². The summed E-state index contributed by atoms with van der Waals surface area (Å²) in [7, 11) is 0. The summed E-state index contributed by atoms with van der Waals surface area (Å²) in [6, 6.07) is 12.4. The van der Waals surface area contributed by atoms with E-state index in [0.29, 0.717) is 16.8 Å². The molecule has 166 valence electrons. The van der Waals surface area contributed by atoms with Gasteiger partial charge in [-0.15, -0.1) is 22.7 Å². The van der Waals surface area contributed by atoms with E-state index in [0.717, 1.165) is 47.1 Å². The van der Waals surface area contributed by atoms with E-state index < -0.39 is 0 Å². The van der Waals surface area contributed by atoms with Crippen molar-refractivity contribution in [2.24, 2.45) is 0 Å². The minimum atomic E-state index is -0.0300. The van der Waals surface area contributed by atoms with Crippen LogP contribution in [0.3, 0.4) is 0 Å². The lowest BCUT2D eigenvalue weighted by Crippen LogP contribution is -2.35. The number of benzene rings is 1. The van der Waals surface area contributed by atoms with Crippen molar-refractivity contribution in [3.63, 3.8) is 0 Å². The molecule has 6 rings (SSSR count). The molecule has 0 unspecified atom stereocenters. The van der Waals surface area contributed by atoms with Gasteiger partial charge in [0.15, 0.2) is 10.3 Å². The SMILES string of the molecule is O=c1[nH]c(-c2cccs2)nc2c1CN(Cc1cn(Cc3cnc(Cl)s3)c3ccccc13)CC2. The molecule has 0 aliphatic carbocycles. The summed E-state index contributed by atoms with van der Waals surface area (Å²) in [5.41, 5.74) is 4.11. The Morgan fingerprint density at radius 1 is 1.15 bits per heavy atom. The summed E-state index contributed by atoms with van der Waals surface area (Å²) in [6.45, 7) is 3.00. The average molecular weight is 494 g/mol. The Morgan fingerprint density at radius 3 is 2.88 bits per heavy atom. The molecule has 6 nitrogen and oxygen atoms in total. The Balaban J connectivity index is 1.27. The number of aromatic nitrogens is 4. The number of halogens is 1. The summed E-state index contributed by atoms with van der Waals surface area (Å²) in [6.07, 6.45) is 4.83. The minimum absolute atomic E-state index is 0.0300. The van der Waals surface area contributed by atoms with E-state index in [4.69, 9.17) is 16.6 Å². The first-order valence-electron chi connectivity index (χ1n) is 10.7. The van der Waals surface area contributed by atoms with Gasteiger partial charge in [-0.1, -0.05) is 35.9 Å². The number of H-pyrrole nitrogens is 1. The van der Waals surface area contributed by atoms with Gasteiger partial charge in [0.25, 0.3) is 5.56 Å². The van der Waals surface area contributed by atoms with Crippen LogP contribution in [0.15, 0.2) is 59.0 Å². The first kappa shape index (κ1) is 20.8. The molecule has 0 saturated heterocycles. The van der Waals surface area contributed by atoms with Crippen molar-refractivity contribution in [1.82, 2.24) is 24.4 Å². The topological polar surface area (TPSA) is 66.8 Å². The van der Waals surface area contributed by atoms with Crippen molar-refractivity contribution in [3.05, 3.63) is 90.7 Å². The third-order valence-electron chi connectivity index (χ3n) is 6.02. The zero-order chi connectivity index (χ0) is 22.4. The van der Waals surface area contributed by atoms with Crippen LogP contribution in [0.4, 0.5) is 0 Å². The standard InChI is InChI=1S/C24H20ClN5OS2/c25-24-26-10-16(33-24)13-30-12-15(17-4-1-2-5-20(17)30)11-29-8-7-19-18(14-29)23(31)28-22(27-19)21-6-3-9-32-21/h1-6,9-10,12H,7-8,11,13-14H2,(H,27,28,31). The normalized spacial score (nSPS) is 14.1. The van der Waals surface area contributed by atoms with Crippen LogP contribution in [0, 0.1) is 0 Å². The lowest BCUT2D eigenvalue weighted by molar-refractivity contribution is 0.242. The molecular weight excluding hydrogens is 474 g/mol. The first-order valence-corrected chi connectivity index (χ1v) is 12.8. The monoisotopic (exact) mass is 493 g/mol. The van der Waals surface area contributed by atoms with Gasteiger partial charge in [0.05, 0.1) is 22.7 Å². The van der Waals surface area contributed by atoms with Gasteiger partial charge in [0.2, 0.25) is 0 Å². The molecule has 0 atom stereocenters. The van der Waals surface area contributed by atoms with Gasteiger partial charge >= 0.3 is 0 Å². The smallest absolute Gasteiger partial charge is 0.255 e. The fraction of sp³-hybridized carbons (Fsp3) is 0.208. The molecule has 5 heterocycles. The molecule has 9 heteroatoms. The number of rotatable bonds is 5. The number of thiazole rings is 1. The lowest BCUT2D eigenvalue weighted by atomic mass is 10.1. The second-order valence-corrected chi connectivity index (χ2v) is 10.8. The second kappa shape index (κ2) is 8.53. The van der Waals surface area contributed by atoms with Gasteiger partial charge in [0.1, 0.15) is 0 Å². The van der Waals surface area contributed by atoms with E-state index in [-0.39, 0.29) is 5.56 Å². The van der Waals surface area contributed by atoms with Crippen LogP contribution in [0.25, 0.3) is 21.6 Å². The maximum atomic E-state index is 12.9. The van der Waals surface area contributed by atoms with Crippen molar-refractivity contribution in [2.45, 2.75) is 26.1 Å². The largest absolute Gasteiger partial charge is 0.342 e. The molecule has 1 N–H and O–H groups in total. The number of nitrogens with zero attached hydrogens (tertiary/aromatic N) is 4. The van der Waals surface area contributed by atoms with E-state index >= 15 is 0 Å². The fourth-order valence-corrected chi connectivity index (χ4v) is 6.14. The summed E-state index contributed by atoms with van der Waals surface area (Å²) >= 11 is 9.13.